The average molecular weight is 467 g/mol. The van der Waals surface area contributed by atoms with Gasteiger partial charge >= 0.3 is 11.9 Å². The normalized spacial score (nSPS) is 12.3. The van der Waals surface area contributed by atoms with E-state index in [1.807, 2.05) is 13.0 Å². The topological polar surface area (TPSA) is 63.6 Å². The minimum absolute atomic E-state index is 0.196. The van der Waals surface area contributed by atoms with Gasteiger partial charge in [0.2, 0.25) is 0 Å². The van der Waals surface area contributed by atoms with Gasteiger partial charge in [-0.1, -0.05) is 135 Å². The highest BCUT2D eigenvalue weighted by molar-refractivity contribution is 5.80. The summed E-state index contributed by atoms with van der Waals surface area (Å²) < 4.78 is 5.09. The van der Waals surface area contributed by atoms with Crippen molar-refractivity contribution in [2.75, 3.05) is 6.61 Å². The van der Waals surface area contributed by atoms with Crippen LogP contribution < -0.4 is 0 Å². The molecule has 0 fully saturated rings. The number of carbonyl (C=O) groups is 2. The predicted molar refractivity (Wildman–Crippen MR) is 140 cm³/mol. The van der Waals surface area contributed by atoms with Crippen LogP contribution in [0.25, 0.3) is 0 Å². The lowest BCUT2D eigenvalue weighted by Crippen LogP contribution is -2.19. The number of hydrogen-bond acceptors (Lipinski definition) is 3. The molecule has 0 aromatic rings. The van der Waals surface area contributed by atoms with Gasteiger partial charge in [-0.05, 0) is 19.3 Å². The van der Waals surface area contributed by atoms with Crippen LogP contribution in [0.2, 0.25) is 0 Å². The van der Waals surface area contributed by atoms with E-state index in [1.165, 1.54) is 109 Å². The molecular weight excluding hydrogens is 412 g/mol. The van der Waals surface area contributed by atoms with E-state index in [0.717, 1.165) is 19.3 Å². The molecule has 4 nitrogen and oxygen atoms in total. The Hall–Kier alpha value is -1.32. The van der Waals surface area contributed by atoms with Crippen LogP contribution in [0.3, 0.4) is 0 Å². The number of rotatable bonds is 25. The van der Waals surface area contributed by atoms with Gasteiger partial charge in [0.25, 0.3) is 0 Å². The van der Waals surface area contributed by atoms with Crippen molar-refractivity contribution in [1.29, 1.82) is 0 Å². The molecule has 1 atom stereocenters. The van der Waals surface area contributed by atoms with Crippen molar-refractivity contribution < 1.29 is 19.4 Å². The third-order valence-electron chi connectivity index (χ3n) is 6.24. The van der Waals surface area contributed by atoms with Crippen LogP contribution in [0.15, 0.2) is 12.2 Å². The molecule has 0 amide bonds. The summed E-state index contributed by atoms with van der Waals surface area (Å²) in [5.74, 6) is -2.05. The molecular formula is C29H54O4. The predicted octanol–water partition coefficient (Wildman–Crippen LogP) is 9.02. The molecule has 0 aliphatic carbocycles. The van der Waals surface area contributed by atoms with E-state index in [-0.39, 0.29) is 6.42 Å². The first kappa shape index (κ1) is 31.7. The smallest absolute Gasteiger partial charge is 0.313 e. The fourth-order valence-electron chi connectivity index (χ4n) is 4.15. The summed E-state index contributed by atoms with van der Waals surface area (Å²) in [6.07, 6.45) is 29.7. The van der Waals surface area contributed by atoms with E-state index < -0.39 is 17.9 Å². The number of carboxylic acid groups (broad SMARTS) is 1. The van der Waals surface area contributed by atoms with E-state index in [1.54, 1.807) is 6.08 Å². The number of allylic oxidation sites excluding steroid dienone is 1. The Morgan fingerprint density at radius 2 is 1.09 bits per heavy atom. The summed E-state index contributed by atoms with van der Waals surface area (Å²) in [7, 11) is 0. The van der Waals surface area contributed by atoms with Crippen molar-refractivity contribution in [3.63, 3.8) is 0 Å². The molecule has 0 heterocycles. The molecule has 0 bridgehead atoms. The van der Waals surface area contributed by atoms with Gasteiger partial charge in [-0.15, -0.1) is 0 Å². The van der Waals surface area contributed by atoms with Gasteiger partial charge in [-0.2, -0.15) is 0 Å². The van der Waals surface area contributed by atoms with E-state index in [0.29, 0.717) is 6.61 Å². The van der Waals surface area contributed by atoms with Crippen LogP contribution in [0.5, 0.6) is 0 Å². The number of esters is 1. The number of aliphatic carboxylic acids is 1. The van der Waals surface area contributed by atoms with Gasteiger partial charge in [0.15, 0.2) is 0 Å². The molecule has 4 heteroatoms. The van der Waals surface area contributed by atoms with Crippen molar-refractivity contribution in [2.45, 2.75) is 149 Å². The van der Waals surface area contributed by atoms with Crippen molar-refractivity contribution in [2.24, 2.45) is 5.92 Å². The SMILES string of the molecule is CCCCCCCCCCCCCCCCCCCC/C=C/C(CC(=O)O)C(=O)OCCC. The van der Waals surface area contributed by atoms with Crippen LogP contribution in [-0.4, -0.2) is 23.7 Å². The molecule has 0 spiro atoms. The largest absolute Gasteiger partial charge is 0.481 e. The number of unbranched alkanes of at least 4 members (excludes halogenated alkanes) is 18. The molecule has 0 aliphatic rings. The lowest BCUT2D eigenvalue weighted by molar-refractivity contribution is -0.151. The zero-order chi connectivity index (χ0) is 24.4. The van der Waals surface area contributed by atoms with E-state index >= 15 is 0 Å². The lowest BCUT2D eigenvalue weighted by Gasteiger charge is -2.09. The number of hydrogen-bond donors (Lipinski definition) is 1. The minimum atomic E-state index is -0.966. The van der Waals surface area contributed by atoms with Crippen LogP contribution in [0, 0.1) is 5.92 Å². The maximum absolute atomic E-state index is 11.9. The van der Waals surface area contributed by atoms with Crippen LogP contribution >= 0.6 is 0 Å². The van der Waals surface area contributed by atoms with Gasteiger partial charge in [0.05, 0.1) is 18.9 Å². The highest BCUT2D eigenvalue weighted by Crippen LogP contribution is 2.15. The standard InChI is InChI=1S/C29H54O4/c1-3-5-6-7-8-9-10-11-12-13-14-15-16-17-18-19-20-21-22-23-24-27(26-28(30)31)29(32)33-25-4-2/h23-24,27H,3-22,25-26H2,1-2H3,(H,30,31)/b24-23+. The maximum atomic E-state index is 11.9. The third kappa shape index (κ3) is 23.6. The molecule has 0 aliphatic heterocycles. The van der Waals surface area contributed by atoms with Gasteiger partial charge in [0.1, 0.15) is 0 Å². The molecule has 0 aromatic heterocycles. The first-order chi connectivity index (χ1) is 16.1. The third-order valence-corrected chi connectivity index (χ3v) is 6.24. The Bertz CT molecular complexity index is 472. The van der Waals surface area contributed by atoms with Gasteiger partial charge in [-0.25, -0.2) is 0 Å². The number of carboxylic acids is 1. The Balaban J connectivity index is 3.47. The summed E-state index contributed by atoms with van der Waals surface area (Å²) in [4.78, 5) is 22.9. The van der Waals surface area contributed by atoms with E-state index in [4.69, 9.17) is 9.84 Å². The van der Waals surface area contributed by atoms with Crippen molar-refractivity contribution >= 4 is 11.9 Å². The fraction of sp³-hybridized carbons (Fsp3) is 0.862. The highest BCUT2D eigenvalue weighted by atomic mass is 16.5. The maximum Gasteiger partial charge on any atom is 0.313 e. The minimum Gasteiger partial charge on any atom is -0.481 e. The Kier molecular flexibility index (Phi) is 24.3. The molecule has 1 unspecified atom stereocenters. The zero-order valence-corrected chi connectivity index (χ0v) is 22.0. The van der Waals surface area contributed by atoms with Crippen molar-refractivity contribution in [1.82, 2.24) is 0 Å². The second-order valence-electron chi connectivity index (χ2n) is 9.60. The summed E-state index contributed by atoms with van der Waals surface area (Å²) in [6.45, 7) is 4.55. The van der Waals surface area contributed by atoms with Gasteiger partial charge < -0.3 is 9.84 Å². The number of ether oxygens (including phenoxy) is 1. The first-order valence-electron chi connectivity index (χ1n) is 14.2. The van der Waals surface area contributed by atoms with E-state index in [9.17, 15) is 9.59 Å². The lowest BCUT2D eigenvalue weighted by atomic mass is 10.0. The molecule has 194 valence electrons. The van der Waals surface area contributed by atoms with Crippen molar-refractivity contribution in [3.05, 3.63) is 12.2 Å². The van der Waals surface area contributed by atoms with Gasteiger partial charge in [-0.3, -0.25) is 9.59 Å². The summed E-state index contributed by atoms with van der Waals surface area (Å²) in [5, 5.41) is 8.98. The van der Waals surface area contributed by atoms with E-state index in [2.05, 4.69) is 6.92 Å². The summed E-state index contributed by atoms with van der Waals surface area (Å²) >= 11 is 0. The van der Waals surface area contributed by atoms with Crippen LogP contribution in [0.4, 0.5) is 0 Å². The molecule has 0 rings (SSSR count). The fourth-order valence-corrected chi connectivity index (χ4v) is 4.15. The molecule has 0 saturated carbocycles. The zero-order valence-electron chi connectivity index (χ0n) is 22.0. The molecule has 1 N–H and O–H groups in total. The molecule has 0 radical (unpaired) electrons. The summed E-state index contributed by atoms with van der Waals surface area (Å²) in [5.41, 5.74) is 0. The Labute approximate surface area is 204 Å². The Morgan fingerprint density at radius 3 is 1.48 bits per heavy atom. The number of carbonyl (C=O) groups excluding carboxylic acids is 1. The molecule has 0 aromatic carbocycles. The first-order valence-corrected chi connectivity index (χ1v) is 14.2. The molecule has 33 heavy (non-hydrogen) atoms. The van der Waals surface area contributed by atoms with Crippen molar-refractivity contribution in [3.8, 4) is 0 Å². The monoisotopic (exact) mass is 466 g/mol. The average Bonchev–Trinajstić information content (AvgIpc) is 2.80. The van der Waals surface area contributed by atoms with Crippen LogP contribution in [0.1, 0.15) is 149 Å². The van der Waals surface area contributed by atoms with Crippen LogP contribution in [-0.2, 0) is 14.3 Å². The quantitative estimate of drug-likeness (QED) is 0.0828. The second-order valence-corrected chi connectivity index (χ2v) is 9.60. The highest BCUT2D eigenvalue weighted by Gasteiger charge is 2.20. The second kappa shape index (κ2) is 25.3. The van der Waals surface area contributed by atoms with Gasteiger partial charge in [0, 0.05) is 0 Å². The Morgan fingerprint density at radius 1 is 0.667 bits per heavy atom. The summed E-state index contributed by atoms with van der Waals surface area (Å²) in [6, 6.07) is 0. The molecule has 0 saturated heterocycles.